The Morgan fingerprint density at radius 1 is 0.579 bits per heavy atom. The molecule has 6 nitrogen and oxygen atoms in total. The lowest BCUT2D eigenvalue weighted by molar-refractivity contribution is -0.421. The summed E-state index contributed by atoms with van der Waals surface area (Å²) in [6, 6.07) is 14.2. The molecule has 0 aliphatic carbocycles. The predicted octanol–water partition coefficient (Wildman–Crippen LogP) is 8.99. The predicted molar refractivity (Wildman–Crippen MR) is 149 cm³/mol. The van der Waals surface area contributed by atoms with Crippen LogP contribution in [0, 0.1) is 13.8 Å². The summed E-state index contributed by atoms with van der Waals surface area (Å²) in [5.41, 5.74) is 2.37. The minimum atomic E-state index is -1.01. The maximum atomic E-state index is 12.5. The highest BCUT2D eigenvalue weighted by atomic mass is 17.3. The van der Waals surface area contributed by atoms with Crippen LogP contribution in [-0.2, 0) is 19.6 Å². The van der Waals surface area contributed by atoms with Gasteiger partial charge in [0.15, 0.2) is 0 Å². The SMILES string of the molecule is CCCCCCCCCCCCCCCC(OOC(=O)c1ccccc1C)OOC(=O)c1ccccc1C. The van der Waals surface area contributed by atoms with E-state index in [1.54, 1.807) is 24.3 Å². The van der Waals surface area contributed by atoms with Crippen molar-refractivity contribution in [2.75, 3.05) is 0 Å². The van der Waals surface area contributed by atoms with E-state index in [1.165, 1.54) is 64.2 Å². The van der Waals surface area contributed by atoms with E-state index >= 15 is 0 Å². The topological polar surface area (TPSA) is 71.1 Å². The average Bonchev–Trinajstić information content (AvgIpc) is 2.92. The van der Waals surface area contributed by atoms with Gasteiger partial charge in [0.05, 0.1) is 11.1 Å². The summed E-state index contributed by atoms with van der Waals surface area (Å²) in [5.74, 6) is -1.24. The largest absolute Gasteiger partial charge is 0.373 e. The van der Waals surface area contributed by atoms with E-state index in [4.69, 9.17) is 19.6 Å². The molecule has 0 bridgehead atoms. The number of hydrogen-bond acceptors (Lipinski definition) is 6. The molecule has 38 heavy (non-hydrogen) atoms. The third-order valence-corrected chi connectivity index (χ3v) is 6.74. The molecule has 0 N–H and O–H groups in total. The molecule has 0 saturated carbocycles. The first-order valence-corrected chi connectivity index (χ1v) is 14.4. The van der Waals surface area contributed by atoms with Crippen molar-refractivity contribution < 1.29 is 29.1 Å². The standard InChI is InChI=1S/C32H46O6/c1-4-5-6-7-8-9-10-11-12-13-14-15-16-25-30(35-37-31(33)28-23-19-17-21-26(28)2)36-38-32(34)29-24-20-18-22-27(29)3/h17-24,30H,4-16,25H2,1-3H3. The molecule has 0 heterocycles. The highest BCUT2D eigenvalue weighted by Crippen LogP contribution is 2.17. The van der Waals surface area contributed by atoms with E-state index < -0.39 is 18.2 Å². The third kappa shape index (κ3) is 12.7. The fourth-order valence-electron chi connectivity index (χ4n) is 4.33. The van der Waals surface area contributed by atoms with Crippen LogP contribution in [0.2, 0.25) is 0 Å². The lowest BCUT2D eigenvalue weighted by Gasteiger charge is -2.16. The molecule has 0 unspecified atom stereocenters. The molecule has 6 heteroatoms. The summed E-state index contributed by atoms with van der Waals surface area (Å²) in [6.07, 6.45) is 15.5. The summed E-state index contributed by atoms with van der Waals surface area (Å²) in [4.78, 5) is 45.6. The van der Waals surface area contributed by atoms with E-state index in [0.717, 1.165) is 30.4 Å². The van der Waals surface area contributed by atoms with E-state index in [-0.39, 0.29) is 0 Å². The van der Waals surface area contributed by atoms with Crippen LogP contribution in [0.5, 0.6) is 0 Å². The molecule has 2 aromatic carbocycles. The molecule has 0 aliphatic heterocycles. The molecule has 0 aromatic heterocycles. The second-order valence-corrected chi connectivity index (χ2v) is 10.0. The zero-order valence-corrected chi connectivity index (χ0v) is 23.5. The number of rotatable bonds is 20. The number of unbranched alkanes of at least 4 members (excludes halogenated alkanes) is 12. The lowest BCUT2D eigenvalue weighted by atomic mass is 10.0. The molecule has 0 spiro atoms. The Morgan fingerprint density at radius 2 is 0.947 bits per heavy atom. The van der Waals surface area contributed by atoms with Crippen LogP contribution in [-0.4, -0.2) is 18.2 Å². The fourth-order valence-corrected chi connectivity index (χ4v) is 4.33. The second-order valence-electron chi connectivity index (χ2n) is 10.0. The molecule has 0 fully saturated rings. The van der Waals surface area contributed by atoms with Crippen LogP contribution in [0.1, 0.15) is 129 Å². The van der Waals surface area contributed by atoms with Gasteiger partial charge in [-0.1, -0.05) is 120 Å². The van der Waals surface area contributed by atoms with E-state index in [9.17, 15) is 9.59 Å². The zero-order chi connectivity index (χ0) is 27.4. The average molecular weight is 527 g/mol. The van der Waals surface area contributed by atoms with Crippen molar-refractivity contribution in [3.8, 4) is 0 Å². The molecule has 0 atom stereocenters. The summed E-state index contributed by atoms with van der Waals surface area (Å²) >= 11 is 0. The van der Waals surface area contributed by atoms with Crippen LogP contribution < -0.4 is 0 Å². The van der Waals surface area contributed by atoms with Crippen molar-refractivity contribution in [1.82, 2.24) is 0 Å². The summed E-state index contributed by atoms with van der Waals surface area (Å²) < 4.78 is 0. The van der Waals surface area contributed by atoms with E-state index in [0.29, 0.717) is 17.5 Å². The molecule has 210 valence electrons. The molecule has 0 saturated heterocycles. The number of hydrogen-bond donors (Lipinski definition) is 0. The van der Waals surface area contributed by atoms with Gasteiger partial charge in [0.25, 0.3) is 0 Å². The van der Waals surface area contributed by atoms with Crippen LogP contribution in [0.25, 0.3) is 0 Å². The smallest absolute Gasteiger partial charge is 0.290 e. The van der Waals surface area contributed by atoms with Crippen molar-refractivity contribution >= 4 is 11.9 Å². The molecule has 0 amide bonds. The molecular formula is C32H46O6. The van der Waals surface area contributed by atoms with Crippen LogP contribution >= 0.6 is 0 Å². The molecule has 2 rings (SSSR count). The first kappa shape index (κ1) is 31.5. The van der Waals surface area contributed by atoms with Gasteiger partial charge in [0.2, 0.25) is 6.29 Å². The highest BCUT2D eigenvalue weighted by molar-refractivity contribution is 5.91. The van der Waals surface area contributed by atoms with Gasteiger partial charge in [-0.05, 0) is 43.5 Å². The van der Waals surface area contributed by atoms with Crippen molar-refractivity contribution in [1.29, 1.82) is 0 Å². The van der Waals surface area contributed by atoms with Crippen molar-refractivity contribution in [2.24, 2.45) is 0 Å². The molecule has 0 radical (unpaired) electrons. The molecule has 2 aromatic rings. The van der Waals surface area contributed by atoms with Crippen LogP contribution in [0.15, 0.2) is 48.5 Å². The van der Waals surface area contributed by atoms with Gasteiger partial charge in [-0.25, -0.2) is 9.59 Å². The highest BCUT2D eigenvalue weighted by Gasteiger charge is 2.20. The first-order chi connectivity index (χ1) is 18.5. The van der Waals surface area contributed by atoms with Gasteiger partial charge < -0.3 is 0 Å². The Morgan fingerprint density at radius 3 is 1.34 bits per heavy atom. The van der Waals surface area contributed by atoms with Gasteiger partial charge in [-0.3, -0.25) is 9.78 Å². The third-order valence-electron chi connectivity index (χ3n) is 6.74. The van der Waals surface area contributed by atoms with Gasteiger partial charge in [0, 0.05) is 6.42 Å². The van der Waals surface area contributed by atoms with E-state index in [2.05, 4.69) is 6.92 Å². The quantitative estimate of drug-likeness (QED) is 0.0742. The summed E-state index contributed by atoms with van der Waals surface area (Å²) in [5, 5.41) is 0. The molecular weight excluding hydrogens is 480 g/mol. The summed E-state index contributed by atoms with van der Waals surface area (Å²) in [6.45, 7) is 5.90. The maximum absolute atomic E-state index is 12.5. The van der Waals surface area contributed by atoms with Crippen molar-refractivity contribution in [2.45, 2.75) is 117 Å². The number of aryl methyl sites for hydroxylation is 2. The number of carbonyl (C=O) groups excluding carboxylic acids is 2. The van der Waals surface area contributed by atoms with Gasteiger partial charge >= 0.3 is 11.9 Å². The summed E-state index contributed by atoms with van der Waals surface area (Å²) in [7, 11) is 0. The van der Waals surface area contributed by atoms with Gasteiger partial charge in [-0.2, -0.15) is 0 Å². The number of benzene rings is 2. The fraction of sp³-hybridized carbons (Fsp3) is 0.562. The maximum Gasteiger partial charge on any atom is 0.373 e. The van der Waals surface area contributed by atoms with Crippen molar-refractivity contribution in [3.05, 3.63) is 70.8 Å². The first-order valence-electron chi connectivity index (χ1n) is 14.4. The second kappa shape index (κ2) is 19.4. The lowest BCUT2D eigenvalue weighted by Crippen LogP contribution is -2.22. The Labute approximate surface area is 228 Å². The van der Waals surface area contributed by atoms with Crippen LogP contribution in [0.4, 0.5) is 0 Å². The Balaban J connectivity index is 1.72. The van der Waals surface area contributed by atoms with Crippen molar-refractivity contribution in [3.63, 3.8) is 0 Å². The zero-order valence-electron chi connectivity index (χ0n) is 23.5. The Bertz CT molecular complexity index is 880. The van der Waals surface area contributed by atoms with E-state index in [1.807, 2.05) is 38.1 Å². The number of carbonyl (C=O) groups is 2. The molecule has 0 aliphatic rings. The normalized spacial score (nSPS) is 11.1. The van der Waals surface area contributed by atoms with Gasteiger partial charge in [-0.15, -0.1) is 9.78 Å². The monoisotopic (exact) mass is 526 g/mol. The Kier molecular flexibility index (Phi) is 16.1. The Hall–Kier alpha value is -2.70. The minimum Gasteiger partial charge on any atom is -0.290 e. The van der Waals surface area contributed by atoms with Crippen LogP contribution in [0.3, 0.4) is 0 Å². The van der Waals surface area contributed by atoms with Gasteiger partial charge in [0.1, 0.15) is 0 Å². The minimum absolute atomic E-state index is 0.407.